The summed E-state index contributed by atoms with van der Waals surface area (Å²) in [7, 11) is 0. The van der Waals surface area contributed by atoms with Gasteiger partial charge in [-0.1, -0.05) is 55.5 Å². The molecule has 106 valence electrons. The van der Waals surface area contributed by atoms with Crippen molar-refractivity contribution in [2.24, 2.45) is 0 Å². The summed E-state index contributed by atoms with van der Waals surface area (Å²) in [5, 5.41) is 12.5. The number of benzene rings is 2. The fraction of sp³-hybridized carbons (Fsp3) is 0.294. The molecule has 0 aliphatic carbocycles. The van der Waals surface area contributed by atoms with Crippen molar-refractivity contribution in [3.8, 4) is 16.9 Å². The predicted molar refractivity (Wildman–Crippen MR) is 81.9 cm³/mol. The molecule has 0 fully saturated rings. The molecule has 0 saturated heterocycles. The van der Waals surface area contributed by atoms with Crippen molar-refractivity contribution in [2.75, 3.05) is 19.8 Å². The Hall–Kier alpha value is -1.84. The third-order valence-electron chi connectivity index (χ3n) is 3.13. The smallest absolute Gasteiger partial charge is 0.127 e. The highest BCUT2D eigenvalue weighted by Gasteiger charge is 2.09. The first kappa shape index (κ1) is 14.6. The maximum absolute atomic E-state index is 9.28. The van der Waals surface area contributed by atoms with E-state index < -0.39 is 0 Å². The van der Waals surface area contributed by atoms with Crippen LogP contribution < -0.4 is 10.1 Å². The Kier molecular flexibility index (Phi) is 5.59. The van der Waals surface area contributed by atoms with Gasteiger partial charge in [0.1, 0.15) is 12.4 Å². The zero-order valence-corrected chi connectivity index (χ0v) is 11.8. The maximum Gasteiger partial charge on any atom is 0.127 e. The van der Waals surface area contributed by atoms with Crippen molar-refractivity contribution in [3.63, 3.8) is 0 Å². The molecule has 0 aromatic heterocycles. The van der Waals surface area contributed by atoms with Gasteiger partial charge in [0.15, 0.2) is 0 Å². The highest BCUT2D eigenvalue weighted by Crippen LogP contribution is 2.29. The first-order valence-corrected chi connectivity index (χ1v) is 6.96. The minimum atomic E-state index is -0.0381. The molecule has 0 radical (unpaired) electrons. The van der Waals surface area contributed by atoms with E-state index in [0.717, 1.165) is 23.4 Å². The number of likely N-dealkylation sites (N-methyl/N-ethyl adjacent to an activating group) is 1. The van der Waals surface area contributed by atoms with Gasteiger partial charge < -0.3 is 15.2 Å². The largest absolute Gasteiger partial charge is 0.491 e. The maximum atomic E-state index is 9.28. The molecule has 3 nitrogen and oxygen atoms in total. The normalized spacial score (nSPS) is 12.1. The molecule has 1 atom stereocenters. The topological polar surface area (TPSA) is 41.5 Å². The predicted octanol–water partition coefficient (Wildman–Crippen LogP) is 2.70. The highest BCUT2D eigenvalue weighted by molar-refractivity contribution is 5.70. The summed E-state index contributed by atoms with van der Waals surface area (Å²) < 4.78 is 5.87. The third kappa shape index (κ3) is 3.83. The summed E-state index contributed by atoms with van der Waals surface area (Å²) in [5.41, 5.74) is 2.20. The lowest BCUT2D eigenvalue weighted by molar-refractivity contribution is 0.185. The zero-order chi connectivity index (χ0) is 14.2. The van der Waals surface area contributed by atoms with E-state index in [1.807, 2.05) is 49.4 Å². The van der Waals surface area contributed by atoms with Gasteiger partial charge in [0.2, 0.25) is 0 Å². The Morgan fingerprint density at radius 2 is 1.75 bits per heavy atom. The van der Waals surface area contributed by atoms with Gasteiger partial charge in [-0.15, -0.1) is 0 Å². The standard InChI is InChI=1S/C17H21NO2/c1-2-18-15(12-19)13-20-17-11-7-6-10-16(17)14-8-4-3-5-9-14/h3-11,15,18-19H,2,12-13H2,1H3. The van der Waals surface area contributed by atoms with E-state index in [1.54, 1.807) is 0 Å². The Morgan fingerprint density at radius 3 is 2.45 bits per heavy atom. The number of hydrogen-bond donors (Lipinski definition) is 2. The Morgan fingerprint density at radius 1 is 1.05 bits per heavy atom. The number of aliphatic hydroxyl groups is 1. The van der Waals surface area contributed by atoms with Gasteiger partial charge in [-0.25, -0.2) is 0 Å². The summed E-state index contributed by atoms with van der Waals surface area (Å²) in [6.07, 6.45) is 0. The molecular weight excluding hydrogens is 250 g/mol. The van der Waals surface area contributed by atoms with E-state index in [-0.39, 0.29) is 12.6 Å². The second-order valence-electron chi connectivity index (χ2n) is 4.61. The molecule has 3 heteroatoms. The molecule has 0 aliphatic rings. The van der Waals surface area contributed by atoms with Gasteiger partial charge in [0.05, 0.1) is 12.6 Å². The molecule has 0 spiro atoms. The van der Waals surface area contributed by atoms with E-state index in [0.29, 0.717) is 6.61 Å². The lowest BCUT2D eigenvalue weighted by atomic mass is 10.1. The van der Waals surface area contributed by atoms with Crippen molar-refractivity contribution in [3.05, 3.63) is 54.6 Å². The lowest BCUT2D eigenvalue weighted by Gasteiger charge is -2.17. The van der Waals surface area contributed by atoms with E-state index in [2.05, 4.69) is 17.4 Å². The van der Waals surface area contributed by atoms with Gasteiger partial charge in [0.25, 0.3) is 0 Å². The Bertz CT molecular complexity index is 513. The molecule has 2 N–H and O–H groups in total. The Labute approximate surface area is 120 Å². The second kappa shape index (κ2) is 7.68. The first-order chi connectivity index (χ1) is 9.85. The molecule has 0 heterocycles. The molecular formula is C17H21NO2. The van der Waals surface area contributed by atoms with Crippen LogP contribution in [-0.2, 0) is 0 Å². The summed E-state index contributed by atoms with van der Waals surface area (Å²) in [5.74, 6) is 0.843. The third-order valence-corrected chi connectivity index (χ3v) is 3.13. The van der Waals surface area contributed by atoms with Gasteiger partial charge >= 0.3 is 0 Å². The summed E-state index contributed by atoms with van der Waals surface area (Å²) in [6, 6.07) is 18.1. The average Bonchev–Trinajstić information content (AvgIpc) is 2.52. The van der Waals surface area contributed by atoms with Crippen molar-refractivity contribution in [2.45, 2.75) is 13.0 Å². The lowest BCUT2D eigenvalue weighted by Crippen LogP contribution is -2.37. The fourth-order valence-corrected chi connectivity index (χ4v) is 2.10. The van der Waals surface area contributed by atoms with Crippen molar-refractivity contribution < 1.29 is 9.84 Å². The summed E-state index contributed by atoms with van der Waals surface area (Å²) in [6.45, 7) is 3.35. The SMILES string of the molecule is CCNC(CO)COc1ccccc1-c1ccccc1. The van der Waals surface area contributed by atoms with Crippen LogP contribution in [0.5, 0.6) is 5.75 Å². The monoisotopic (exact) mass is 271 g/mol. The van der Waals surface area contributed by atoms with Crippen molar-refractivity contribution in [1.82, 2.24) is 5.32 Å². The van der Waals surface area contributed by atoms with Crippen molar-refractivity contribution in [1.29, 1.82) is 0 Å². The average molecular weight is 271 g/mol. The molecule has 1 unspecified atom stereocenters. The number of aliphatic hydroxyl groups excluding tert-OH is 1. The molecule has 2 aromatic rings. The minimum Gasteiger partial charge on any atom is -0.491 e. The van der Waals surface area contributed by atoms with E-state index >= 15 is 0 Å². The fourth-order valence-electron chi connectivity index (χ4n) is 2.10. The van der Waals surface area contributed by atoms with Crippen LogP contribution in [0.25, 0.3) is 11.1 Å². The molecule has 2 aromatic carbocycles. The summed E-state index contributed by atoms with van der Waals surface area (Å²) >= 11 is 0. The number of nitrogens with one attached hydrogen (secondary N) is 1. The van der Waals surface area contributed by atoms with Gasteiger partial charge in [-0.3, -0.25) is 0 Å². The van der Waals surface area contributed by atoms with Crippen LogP contribution in [0, 0.1) is 0 Å². The molecule has 2 rings (SSSR count). The second-order valence-corrected chi connectivity index (χ2v) is 4.61. The molecule has 0 bridgehead atoms. The van der Waals surface area contributed by atoms with E-state index in [9.17, 15) is 5.11 Å². The minimum absolute atomic E-state index is 0.0381. The van der Waals surface area contributed by atoms with Gasteiger partial charge in [-0.2, -0.15) is 0 Å². The highest BCUT2D eigenvalue weighted by atomic mass is 16.5. The van der Waals surface area contributed by atoms with Crippen LogP contribution in [0.15, 0.2) is 54.6 Å². The number of para-hydroxylation sites is 1. The van der Waals surface area contributed by atoms with Crippen LogP contribution in [0.2, 0.25) is 0 Å². The van der Waals surface area contributed by atoms with Crippen LogP contribution in [0.3, 0.4) is 0 Å². The van der Waals surface area contributed by atoms with Crippen LogP contribution >= 0.6 is 0 Å². The molecule has 0 saturated carbocycles. The van der Waals surface area contributed by atoms with E-state index in [1.165, 1.54) is 0 Å². The summed E-state index contributed by atoms with van der Waals surface area (Å²) in [4.78, 5) is 0. The van der Waals surface area contributed by atoms with Gasteiger partial charge in [0, 0.05) is 5.56 Å². The number of ether oxygens (including phenoxy) is 1. The quantitative estimate of drug-likeness (QED) is 0.813. The number of rotatable bonds is 7. The van der Waals surface area contributed by atoms with Gasteiger partial charge in [-0.05, 0) is 18.2 Å². The van der Waals surface area contributed by atoms with Crippen LogP contribution in [0.4, 0.5) is 0 Å². The van der Waals surface area contributed by atoms with Crippen molar-refractivity contribution >= 4 is 0 Å². The molecule has 0 aliphatic heterocycles. The molecule has 0 amide bonds. The first-order valence-electron chi connectivity index (χ1n) is 6.96. The zero-order valence-electron chi connectivity index (χ0n) is 11.8. The number of hydrogen-bond acceptors (Lipinski definition) is 3. The van der Waals surface area contributed by atoms with Crippen LogP contribution in [0.1, 0.15) is 6.92 Å². The van der Waals surface area contributed by atoms with Crippen LogP contribution in [-0.4, -0.2) is 30.9 Å². The Balaban J connectivity index is 2.12. The molecule has 20 heavy (non-hydrogen) atoms. The van der Waals surface area contributed by atoms with E-state index in [4.69, 9.17) is 4.74 Å².